The number of anilines is 1. The first-order valence-corrected chi connectivity index (χ1v) is 6.35. The van der Waals surface area contributed by atoms with Crippen molar-refractivity contribution in [2.75, 3.05) is 11.9 Å². The van der Waals surface area contributed by atoms with Crippen LogP contribution in [-0.4, -0.2) is 18.5 Å². The van der Waals surface area contributed by atoms with Gasteiger partial charge in [-0.15, -0.1) is 0 Å². The standard InChI is InChI=1S/C12H15BrN2O/c13-9-4-3-5-10(8-9)15-11-6-1-2-7-14-12(11)16/h3-5,8,11,15H,1-2,6-7H2,(H,14,16). The molecule has 2 N–H and O–H groups in total. The fourth-order valence-electron chi connectivity index (χ4n) is 1.86. The Bertz CT molecular complexity index is 381. The first kappa shape index (κ1) is 11.5. The summed E-state index contributed by atoms with van der Waals surface area (Å²) < 4.78 is 1.02. The third kappa shape index (κ3) is 2.98. The SMILES string of the molecule is O=C1NCCCCC1Nc1cccc(Br)c1. The first-order valence-electron chi connectivity index (χ1n) is 5.55. The van der Waals surface area contributed by atoms with Crippen LogP contribution < -0.4 is 10.6 Å². The molecule has 1 aromatic carbocycles. The molecule has 0 aliphatic carbocycles. The van der Waals surface area contributed by atoms with E-state index in [1.807, 2.05) is 24.3 Å². The van der Waals surface area contributed by atoms with Gasteiger partial charge in [-0.3, -0.25) is 4.79 Å². The van der Waals surface area contributed by atoms with Crippen molar-refractivity contribution >= 4 is 27.5 Å². The zero-order chi connectivity index (χ0) is 11.4. The molecule has 0 aromatic heterocycles. The van der Waals surface area contributed by atoms with Gasteiger partial charge in [0.05, 0.1) is 0 Å². The van der Waals surface area contributed by atoms with Crippen LogP contribution in [-0.2, 0) is 4.79 Å². The molecule has 4 heteroatoms. The van der Waals surface area contributed by atoms with Gasteiger partial charge in [-0.2, -0.15) is 0 Å². The number of nitrogens with one attached hydrogen (secondary N) is 2. The molecule has 1 atom stereocenters. The van der Waals surface area contributed by atoms with E-state index < -0.39 is 0 Å². The van der Waals surface area contributed by atoms with Crippen molar-refractivity contribution in [2.24, 2.45) is 0 Å². The number of carbonyl (C=O) groups is 1. The van der Waals surface area contributed by atoms with Crippen LogP contribution in [0.5, 0.6) is 0 Å². The quantitative estimate of drug-likeness (QED) is 0.875. The average molecular weight is 283 g/mol. The van der Waals surface area contributed by atoms with E-state index in [0.717, 1.165) is 36.0 Å². The van der Waals surface area contributed by atoms with Crippen molar-refractivity contribution < 1.29 is 4.79 Å². The lowest BCUT2D eigenvalue weighted by atomic mass is 10.1. The van der Waals surface area contributed by atoms with Crippen LogP contribution in [0.15, 0.2) is 28.7 Å². The van der Waals surface area contributed by atoms with Gasteiger partial charge in [0, 0.05) is 16.7 Å². The van der Waals surface area contributed by atoms with E-state index in [9.17, 15) is 4.79 Å². The molecule has 1 amide bonds. The Hall–Kier alpha value is -1.03. The molecule has 1 saturated heterocycles. The normalized spacial score (nSPS) is 21.1. The highest BCUT2D eigenvalue weighted by molar-refractivity contribution is 9.10. The van der Waals surface area contributed by atoms with Gasteiger partial charge in [-0.05, 0) is 37.5 Å². The maximum atomic E-state index is 11.7. The summed E-state index contributed by atoms with van der Waals surface area (Å²) in [4.78, 5) is 11.7. The molecular formula is C12H15BrN2O. The van der Waals surface area contributed by atoms with Crippen molar-refractivity contribution in [3.05, 3.63) is 28.7 Å². The number of halogens is 1. The lowest BCUT2D eigenvalue weighted by molar-refractivity contribution is -0.121. The predicted octanol–water partition coefficient (Wildman–Crippen LogP) is 2.53. The van der Waals surface area contributed by atoms with Crippen LogP contribution in [0.4, 0.5) is 5.69 Å². The molecule has 1 heterocycles. The molecule has 2 rings (SSSR count). The molecule has 16 heavy (non-hydrogen) atoms. The highest BCUT2D eigenvalue weighted by atomic mass is 79.9. The fourth-order valence-corrected chi connectivity index (χ4v) is 2.26. The molecule has 0 spiro atoms. The lowest BCUT2D eigenvalue weighted by Gasteiger charge is -2.16. The summed E-state index contributed by atoms with van der Waals surface area (Å²) in [6.45, 7) is 0.801. The van der Waals surface area contributed by atoms with Crippen molar-refractivity contribution in [1.29, 1.82) is 0 Å². The summed E-state index contributed by atoms with van der Waals surface area (Å²) in [6, 6.07) is 7.79. The topological polar surface area (TPSA) is 41.1 Å². The predicted molar refractivity (Wildman–Crippen MR) is 68.4 cm³/mol. The highest BCUT2D eigenvalue weighted by Gasteiger charge is 2.19. The van der Waals surface area contributed by atoms with Crippen LogP contribution in [0, 0.1) is 0 Å². The first-order chi connectivity index (χ1) is 7.75. The molecular weight excluding hydrogens is 268 g/mol. The van der Waals surface area contributed by atoms with Gasteiger partial charge in [-0.1, -0.05) is 22.0 Å². The Morgan fingerprint density at radius 2 is 2.25 bits per heavy atom. The van der Waals surface area contributed by atoms with Gasteiger partial charge in [0.2, 0.25) is 5.91 Å². The second-order valence-electron chi connectivity index (χ2n) is 3.99. The third-order valence-corrected chi connectivity index (χ3v) is 3.19. The monoisotopic (exact) mass is 282 g/mol. The average Bonchev–Trinajstić information content (AvgIpc) is 2.45. The summed E-state index contributed by atoms with van der Waals surface area (Å²) in [7, 11) is 0. The summed E-state index contributed by atoms with van der Waals surface area (Å²) in [5, 5.41) is 6.19. The van der Waals surface area contributed by atoms with E-state index in [-0.39, 0.29) is 11.9 Å². The van der Waals surface area contributed by atoms with E-state index in [0.29, 0.717) is 0 Å². The number of carbonyl (C=O) groups excluding carboxylic acids is 1. The smallest absolute Gasteiger partial charge is 0.242 e. The van der Waals surface area contributed by atoms with Crippen LogP contribution in [0.2, 0.25) is 0 Å². The van der Waals surface area contributed by atoms with Crippen LogP contribution in [0.1, 0.15) is 19.3 Å². The van der Waals surface area contributed by atoms with Gasteiger partial charge in [0.1, 0.15) is 6.04 Å². The molecule has 86 valence electrons. The molecule has 0 bridgehead atoms. The van der Waals surface area contributed by atoms with Crippen LogP contribution in [0.25, 0.3) is 0 Å². The summed E-state index contributed by atoms with van der Waals surface area (Å²) >= 11 is 3.42. The largest absolute Gasteiger partial charge is 0.374 e. The highest BCUT2D eigenvalue weighted by Crippen LogP contribution is 2.18. The minimum absolute atomic E-state index is 0.100. The minimum atomic E-state index is -0.100. The molecule has 0 saturated carbocycles. The van der Waals surface area contributed by atoms with E-state index >= 15 is 0 Å². The van der Waals surface area contributed by atoms with Gasteiger partial charge in [0.25, 0.3) is 0 Å². The number of benzene rings is 1. The number of rotatable bonds is 2. The van der Waals surface area contributed by atoms with Crippen molar-refractivity contribution in [3.63, 3.8) is 0 Å². The molecule has 3 nitrogen and oxygen atoms in total. The molecule has 1 aromatic rings. The Labute approximate surface area is 104 Å². The van der Waals surface area contributed by atoms with E-state index in [1.165, 1.54) is 0 Å². The minimum Gasteiger partial charge on any atom is -0.374 e. The maximum Gasteiger partial charge on any atom is 0.242 e. The second-order valence-corrected chi connectivity index (χ2v) is 4.91. The summed E-state index contributed by atoms with van der Waals surface area (Å²) in [5.41, 5.74) is 0.983. The number of hydrogen-bond donors (Lipinski definition) is 2. The second kappa shape index (κ2) is 5.34. The fraction of sp³-hybridized carbons (Fsp3) is 0.417. The van der Waals surface area contributed by atoms with Gasteiger partial charge >= 0.3 is 0 Å². The van der Waals surface area contributed by atoms with Gasteiger partial charge in [0.15, 0.2) is 0 Å². The zero-order valence-corrected chi connectivity index (χ0v) is 10.6. The summed E-state index contributed by atoms with van der Waals surface area (Å²) in [5.74, 6) is 0.109. The van der Waals surface area contributed by atoms with Gasteiger partial charge in [-0.25, -0.2) is 0 Å². The third-order valence-electron chi connectivity index (χ3n) is 2.70. The van der Waals surface area contributed by atoms with Crippen molar-refractivity contribution in [2.45, 2.75) is 25.3 Å². The maximum absolute atomic E-state index is 11.7. The van der Waals surface area contributed by atoms with Crippen molar-refractivity contribution in [3.8, 4) is 0 Å². The number of amides is 1. The molecule has 1 aliphatic heterocycles. The Morgan fingerprint density at radius 3 is 3.06 bits per heavy atom. The Kier molecular flexibility index (Phi) is 3.83. The zero-order valence-electron chi connectivity index (χ0n) is 9.00. The van der Waals surface area contributed by atoms with Crippen LogP contribution in [0.3, 0.4) is 0 Å². The molecule has 1 fully saturated rings. The Balaban J connectivity index is 2.05. The van der Waals surface area contributed by atoms with Crippen LogP contribution >= 0.6 is 15.9 Å². The lowest BCUT2D eigenvalue weighted by Crippen LogP contribution is -2.37. The van der Waals surface area contributed by atoms with Gasteiger partial charge < -0.3 is 10.6 Å². The number of hydrogen-bond acceptors (Lipinski definition) is 2. The Morgan fingerprint density at radius 1 is 1.38 bits per heavy atom. The molecule has 0 radical (unpaired) electrons. The van der Waals surface area contributed by atoms with E-state index in [4.69, 9.17) is 0 Å². The summed E-state index contributed by atoms with van der Waals surface area (Å²) in [6.07, 6.45) is 3.06. The van der Waals surface area contributed by atoms with Crippen molar-refractivity contribution in [1.82, 2.24) is 5.32 Å². The molecule has 1 aliphatic rings. The molecule has 1 unspecified atom stereocenters. The van der Waals surface area contributed by atoms with E-state index in [2.05, 4.69) is 26.6 Å². The van der Waals surface area contributed by atoms with E-state index in [1.54, 1.807) is 0 Å².